The number of imidazole rings is 1. The van der Waals surface area contributed by atoms with Gasteiger partial charge in [0.25, 0.3) is 0 Å². The zero-order valence-corrected chi connectivity index (χ0v) is 14.4. The molecule has 130 valence electrons. The summed E-state index contributed by atoms with van der Waals surface area (Å²) >= 11 is 3.37. The van der Waals surface area contributed by atoms with Crippen LogP contribution in [0.3, 0.4) is 0 Å². The Morgan fingerprint density at radius 3 is 2.80 bits per heavy atom. The van der Waals surface area contributed by atoms with Crippen LogP contribution in [-0.4, -0.2) is 35.6 Å². The Bertz CT molecular complexity index is 978. The summed E-state index contributed by atoms with van der Waals surface area (Å²) in [6, 6.07) is 5.41. The summed E-state index contributed by atoms with van der Waals surface area (Å²) in [5.74, 6) is -0.406. The fraction of sp³-hybridized carbons (Fsp3) is 0.267. The predicted octanol–water partition coefficient (Wildman–Crippen LogP) is 3.16. The van der Waals surface area contributed by atoms with Crippen molar-refractivity contribution in [1.29, 1.82) is 0 Å². The van der Waals surface area contributed by atoms with Crippen molar-refractivity contribution in [1.82, 2.24) is 24.3 Å². The molecule has 1 aliphatic heterocycles. The highest BCUT2D eigenvalue weighted by molar-refractivity contribution is 9.10. The van der Waals surface area contributed by atoms with Crippen molar-refractivity contribution in [2.24, 2.45) is 0 Å². The summed E-state index contributed by atoms with van der Waals surface area (Å²) in [5.41, 5.74) is 2.87. The topological polar surface area (TPSA) is 68.8 Å². The molecule has 10 heteroatoms. The van der Waals surface area contributed by atoms with Crippen LogP contribution in [0.2, 0.25) is 0 Å². The van der Waals surface area contributed by atoms with Crippen LogP contribution in [0.4, 0.5) is 13.2 Å². The number of halogens is 4. The Hall–Kier alpha value is -2.20. The van der Waals surface area contributed by atoms with Crippen molar-refractivity contribution in [2.45, 2.75) is 25.7 Å². The monoisotopic (exact) mass is 413 g/mol. The van der Waals surface area contributed by atoms with Gasteiger partial charge in [-0.3, -0.25) is 0 Å². The number of hydrogen-bond donors (Lipinski definition) is 1. The summed E-state index contributed by atoms with van der Waals surface area (Å²) in [7, 11) is 0. The predicted molar refractivity (Wildman–Crippen MR) is 85.1 cm³/mol. The van der Waals surface area contributed by atoms with E-state index in [0.29, 0.717) is 5.56 Å². The van der Waals surface area contributed by atoms with E-state index in [2.05, 4.69) is 31.0 Å². The number of hydrogen-bond acceptors (Lipinski definition) is 4. The van der Waals surface area contributed by atoms with E-state index in [-0.39, 0.29) is 12.4 Å². The number of aromatic nitrogens is 5. The van der Waals surface area contributed by atoms with Gasteiger partial charge in [-0.1, -0.05) is 15.9 Å². The van der Waals surface area contributed by atoms with Crippen molar-refractivity contribution in [2.75, 3.05) is 0 Å². The SMILES string of the molecule is Cc1ncn2c1Cn1nc(C(O)C(F)(F)F)nc1-c1cc(Br)ccc1-2. The molecule has 1 aliphatic rings. The summed E-state index contributed by atoms with van der Waals surface area (Å²) in [5, 5.41) is 13.4. The average Bonchev–Trinajstić information content (AvgIpc) is 3.08. The lowest BCUT2D eigenvalue weighted by Crippen LogP contribution is -2.21. The third-order valence-corrected chi connectivity index (χ3v) is 4.57. The summed E-state index contributed by atoms with van der Waals surface area (Å²) < 4.78 is 42.5. The molecule has 0 radical (unpaired) electrons. The van der Waals surface area contributed by atoms with E-state index >= 15 is 0 Å². The Kier molecular flexibility index (Phi) is 3.51. The van der Waals surface area contributed by atoms with Crippen LogP contribution in [0.25, 0.3) is 17.1 Å². The van der Waals surface area contributed by atoms with Crippen LogP contribution in [0.15, 0.2) is 29.0 Å². The number of aliphatic hydroxyl groups is 1. The van der Waals surface area contributed by atoms with Gasteiger partial charge in [0.1, 0.15) is 0 Å². The van der Waals surface area contributed by atoms with E-state index in [1.807, 2.05) is 23.6 Å². The van der Waals surface area contributed by atoms with Gasteiger partial charge in [-0.15, -0.1) is 0 Å². The number of aryl methyl sites for hydroxylation is 1. The van der Waals surface area contributed by atoms with Crippen LogP contribution < -0.4 is 0 Å². The Balaban J connectivity index is 1.96. The molecular weight excluding hydrogens is 403 g/mol. The molecule has 4 rings (SSSR count). The van der Waals surface area contributed by atoms with Gasteiger partial charge >= 0.3 is 6.18 Å². The standard InChI is InChI=1S/C15H11BrF3N5O/c1-7-11-5-24-14(21-13(22-24)12(25)15(17,18)19)9-4-8(16)2-3-10(9)23(11)6-20-7/h2-4,6,12,25H,5H2,1H3. The van der Waals surface area contributed by atoms with Gasteiger partial charge in [0.15, 0.2) is 11.6 Å². The lowest BCUT2D eigenvalue weighted by molar-refractivity contribution is -0.209. The van der Waals surface area contributed by atoms with E-state index in [9.17, 15) is 18.3 Å². The second kappa shape index (κ2) is 5.40. The van der Waals surface area contributed by atoms with Crippen molar-refractivity contribution < 1.29 is 18.3 Å². The number of aliphatic hydroxyl groups excluding tert-OH is 1. The molecule has 0 fully saturated rings. The molecule has 25 heavy (non-hydrogen) atoms. The van der Waals surface area contributed by atoms with Gasteiger partial charge in [-0.25, -0.2) is 14.6 Å². The largest absolute Gasteiger partial charge is 0.421 e. The Morgan fingerprint density at radius 1 is 1.32 bits per heavy atom. The maximum atomic E-state index is 12.8. The van der Waals surface area contributed by atoms with Gasteiger partial charge in [-0.2, -0.15) is 18.3 Å². The number of fused-ring (bicyclic) bond motifs is 5. The van der Waals surface area contributed by atoms with Crippen molar-refractivity contribution in [3.05, 3.63) is 46.2 Å². The molecule has 6 nitrogen and oxygen atoms in total. The van der Waals surface area contributed by atoms with Crippen molar-refractivity contribution in [3.63, 3.8) is 0 Å². The van der Waals surface area contributed by atoms with Crippen LogP contribution >= 0.6 is 15.9 Å². The second-order valence-electron chi connectivity index (χ2n) is 5.70. The van der Waals surface area contributed by atoms with E-state index < -0.39 is 18.1 Å². The fourth-order valence-corrected chi connectivity index (χ4v) is 3.19. The molecule has 3 aromatic rings. The fourth-order valence-electron chi connectivity index (χ4n) is 2.83. The smallest absolute Gasteiger partial charge is 0.377 e. The molecule has 0 aliphatic carbocycles. The summed E-state index contributed by atoms with van der Waals surface area (Å²) in [6.07, 6.45) is -5.89. The number of benzene rings is 1. The highest BCUT2D eigenvalue weighted by Crippen LogP contribution is 2.36. The van der Waals surface area contributed by atoms with Crippen LogP contribution in [0, 0.1) is 6.92 Å². The van der Waals surface area contributed by atoms with E-state index in [0.717, 1.165) is 21.5 Å². The zero-order chi connectivity index (χ0) is 17.9. The molecule has 1 N–H and O–H groups in total. The molecule has 1 unspecified atom stereocenters. The van der Waals surface area contributed by atoms with Crippen molar-refractivity contribution in [3.8, 4) is 17.1 Å². The third-order valence-electron chi connectivity index (χ3n) is 4.08. The Labute approximate surface area is 148 Å². The lowest BCUT2D eigenvalue weighted by atomic mass is 10.1. The van der Waals surface area contributed by atoms with E-state index in [4.69, 9.17) is 0 Å². The first-order chi connectivity index (χ1) is 11.8. The highest BCUT2D eigenvalue weighted by atomic mass is 79.9. The minimum Gasteiger partial charge on any atom is -0.377 e. The molecule has 1 atom stereocenters. The van der Waals surface area contributed by atoms with Crippen molar-refractivity contribution >= 4 is 15.9 Å². The van der Waals surface area contributed by atoms with Gasteiger partial charge < -0.3 is 9.67 Å². The second-order valence-corrected chi connectivity index (χ2v) is 6.62. The average molecular weight is 414 g/mol. The van der Waals surface area contributed by atoms with Crippen LogP contribution in [0.5, 0.6) is 0 Å². The van der Waals surface area contributed by atoms with E-state index in [1.54, 1.807) is 12.4 Å². The van der Waals surface area contributed by atoms with Gasteiger partial charge in [0, 0.05) is 10.0 Å². The molecule has 0 saturated carbocycles. The minimum absolute atomic E-state index is 0.199. The third kappa shape index (κ3) is 2.56. The first kappa shape index (κ1) is 16.3. The zero-order valence-electron chi connectivity index (χ0n) is 12.8. The summed E-state index contributed by atoms with van der Waals surface area (Å²) in [4.78, 5) is 8.25. The molecule has 2 aromatic heterocycles. The van der Waals surface area contributed by atoms with Gasteiger partial charge in [-0.05, 0) is 25.1 Å². The van der Waals surface area contributed by atoms with Gasteiger partial charge in [0.2, 0.25) is 6.10 Å². The highest BCUT2D eigenvalue weighted by Gasteiger charge is 2.43. The normalized spacial score (nSPS) is 14.5. The quantitative estimate of drug-likeness (QED) is 0.520. The minimum atomic E-state index is -4.83. The van der Waals surface area contributed by atoms with Crippen LogP contribution in [-0.2, 0) is 6.54 Å². The molecule has 3 heterocycles. The number of alkyl halides is 3. The number of rotatable bonds is 1. The van der Waals surface area contributed by atoms with Crippen LogP contribution in [0.1, 0.15) is 23.3 Å². The maximum absolute atomic E-state index is 12.8. The van der Waals surface area contributed by atoms with E-state index in [1.165, 1.54) is 4.68 Å². The molecular formula is C15H11BrF3N5O. The molecule has 0 bridgehead atoms. The molecule has 0 amide bonds. The van der Waals surface area contributed by atoms with Gasteiger partial charge in [0.05, 0.1) is 29.9 Å². The number of nitrogens with zero attached hydrogens (tertiary/aromatic N) is 5. The first-order valence-corrected chi connectivity index (χ1v) is 8.07. The maximum Gasteiger partial charge on any atom is 0.421 e. The first-order valence-electron chi connectivity index (χ1n) is 7.28. The molecule has 0 spiro atoms. The Morgan fingerprint density at radius 2 is 2.08 bits per heavy atom. The lowest BCUT2D eigenvalue weighted by Gasteiger charge is -2.11. The molecule has 1 aromatic carbocycles. The summed E-state index contributed by atoms with van der Waals surface area (Å²) in [6.45, 7) is 2.02. The molecule has 0 saturated heterocycles.